The molecule has 1 aromatic carbocycles. The first-order chi connectivity index (χ1) is 8.61. The number of hydrogen-bond acceptors (Lipinski definition) is 2. The van der Waals surface area contributed by atoms with E-state index >= 15 is 0 Å². The van der Waals surface area contributed by atoms with E-state index in [4.69, 9.17) is 11.6 Å². The van der Waals surface area contributed by atoms with Crippen molar-refractivity contribution in [3.63, 3.8) is 0 Å². The fraction of sp³-hybridized carbons (Fsp3) is 0.625. The predicted molar refractivity (Wildman–Crippen MR) is 82.6 cm³/mol. The Morgan fingerprint density at radius 3 is 2.26 bits per heavy atom. The van der Waals surface area contributed by atoms with Gasteiger partial charge in [0.1, 0.15) is 0 Å². The van der Waals surface area contributed by atoms with E-state index in [9.17, 15) is 5.11 Å². The standard InChI is InChI=1S/C16H26ClNO/c1-15(2,3)11-16(4,5)18-10-14(19)12-8-6-7-9-13(12)17/h6-9,14,18-19H,10-11H2,1-5H3. The predicted octanol–water partition coefficient (Wildman–Crippen LogP) is 4.18. The molecule has 108 valence electrons. The summed E-state index contributed by atoms with van der Waals surface area (Å²) in [5.74, 6) is 0. The van der Waals surface area contributed by atoms with E-state index in [1.165, 1.54) is 0 Å². The number of benzene rings is 1. The van der Waals surface area contributed by atoms with E-state index in [0.29, 0.717) is 11.6 Å². The number of nitrogens with one attached hydrogen (secondary N) is 1. The van der Waals surface area contributed by atoms with E-state index in [-0.39, 0.29) is 11.0 Å². The summed E-state index contributed by atoms with van der Waals surface area (Å²) in [4.78, 5) is 0. The number of hydrogen-bond donors (Lipinski definition) is 2. The fourth-order valence-electron chi connectivity index (χ4n) is 2.62. The zero-order valence-electron chi connectivity index (χ0n) is 12.6. The van der Waals surface area contributed by atoms with Crippen LogP contribution in [-0.2, 0) is 0 Å². The van der Waals surface area contributed by atoms with E-state index in [1.54, 1.807) is 6.07 Å². The summed E-state index contributed by atoms with van der Waals surface area (Å²) in [6.45, 7) is 11.5. The average molecular weight is 284 g/mol. The van der Waals surface area contributed by atoms with Crippen molar-refractivity contribution in [2.75, 3.05) is 6.54 Å². The van der Waals surface area contributed by atoms with Crippen LogP contribution >= 0.6 is 11.6 Å². The van der Waals surface area contributed by atoms with E-state index in [0.717, 1.165) is 12.0 Å². The van der Waals surface area contributed by atoms with Crippen molar-refractivity contribution in [1.82, 2.24) is 5.32 Å². The maximum Gasteiger partial charge on any atom is 0.0928 e. The monoisotopic (exact) mass is 283 g/mol. The second-order valence-electron chi connectivity index (χ2n) is 7.04. The molecule has 0 heterocycles. The summed E-state index contributed by atoms with van der Waals surface area (Å²) in [6.07, 6.45) is 0.461. The Morgan fingerprint density at radius 1 is 1.16 bits per heavy atom. The summed E-state index contributed by atoms with van der Waals surface area (Å²) in [7, 11) is 0. The Hall–Kier alpha value is -0.570. The molecule has 0 aliphatic heterocycles. The van der Waals surface area contributed by atoms with Crippen LogP contribution in [0.25, 0.3) is 0 Å². The molecule has 0 aliphatic carbocycles. The highest BCUT2D eigenvalue weighted by Gasteiger charge is 2.25. The molecule has 0 aliphatic rings. The Kier molecular flexibility index (Phi) is 5.43. The molecule has 19 heavy (non-hydrogen) atoms. The molecule has 0 radical (unpaired) electrons. The summed E-state index contributed by atoms with van der Waals surface area (Å²) >= 11 is 6.09. The van der Waals surface area contributed by atoms with Crippen molar-refractivity contribution in [2.24, 2.45) is 5.41 Å². The van der Waals surface area contributed by atoms with Crippen LogP contribution in [0.4, 0.5) is 0 Å². The lowest BCUT2D eigenvalue weighted by Gasteiger charge is -2.34. The third-order valence-electron chi connectivity index (χ3n) is 3.01. The lowest BCUT2D eigenvalue weighted by atomic mass is 9.81. The largest absolute Gasteiger partial charge is 0.387 e. The Labute approximate surface area is 122 Å². The van der Waals surface area contributed by atoms with Gasteiger partial charge in [-0.3, -0.25) is 0 Å². The van der Waals surface area contributed by atoms with Crippen LogP contribution in [0.5, 0.6) is 0 Å². The van der Waals surface area contributed by atoms with Crippen molar-refractivity contribution >= 4 is 11.6 Å². The summed E-state index contributed by atoms with van der Waals surface area (Å²) < 4.78 is 0. The van der Waals surface area contributed by atoms with Crippen LogP contribution < -0.4 is 5.32 Å². The van der Waals surface area contributed by atoms with Gasteiger partial charge in [0, 0.05) is 22.7 Å². The highest BCUT2D eigenvalue weighted by atomic mass is 35.5. The van der Waals surface area contributed by atoms with Crippen LogP contribution in [0.1, 0.15) is 52.7 Å². The molecule has 0 spiro atoms. The van der Waals surface area contributed by atoms with Gasteiger partial charge in [0.15, 0.2) is 0 Å². The van der Waals surface area contributed by atoms with Gasteiger partial charge in [-0.25, -0.2) is 0 Å². The third kappa shape index (κ3) is 5.94. The third-order valence-corrected chi connectivity index (χ3v) is 3.35. The van der Waals surface area contributed by atoms with Crippen LogP contribution in [0.15, 0.2) is 24.3 Å². The van der Waals surface area contributed by atoms with Crippen molar-refractivity contribution in [3.05, 3.63) is 34.9 Å². The minimum absolute atomic E-state index is 0.0134. The number of aliphatic hydroxyl groups excluding tert-OH is 1. The van der Waals surface area contributed by atoms with E-state index in [1.807, 2.05) is 18.2 Å². The number of β-amino-alcohol motifs (C(OH)–C–C–N with tert-alkyl or cyclic N) is 1. The Bertz CT molecular complexity index is 409. The molecule has 3 heteroatoms. The Morgan fingerprint density at radius 2 is 1.74 bits per heavy atom. The normalized spacial score (nSPS) is 14.5. The van der Waals surface area contributed by atoms with Crippen LogP contribution in [0, 0.1) is 5.41 Å². The zero-order valence-corrected chi connectivity index (χ0v) is 13.4. The van der Waals surface area contributed by atoms with Crippen LogP contribution in [0.2, 0.25) is 5.02 Å². The molecule has 1 aromatic rings. The van der Waals surface area contributed by atoms with Gasteiger partial charge in [0.05, 0.1) is 6.10 Å². The summed E-state index contributed by atoms with van der Waals surface area (Å²) in [5, 5.41) is 14.3. The molecule has 0 saturated carbocycles. The van der Waals surface area contributed by atoms with Crippen molar-refractivity contribution < 1.29 is 5.11 Å². The number of aliphatic hydroxyl groups is 1. The van der Waals surface area contributed by atoms with Gasteiger partial charge in [-0.15, -0.1) is 0 Å². The van der Waals surface area contributed by atoms with Gasteiger partial charge in [0.2, 0.25) is 0 Å². The molecule has 2 N–H and O–H groups in total. The quantitative estimate of drug-likeness (QED) is 0.850. The van der Waals surface area contributed by atoms with Gasteiger partial charge >= 0.3 is 0 Å². The average Bonchev–Trinajstić information content (AvgIpc) is 2.23. The minimum Gasteiger partial charge on any atom is -0.387 e. The molecule has 0 saturated heterocycles. The van der Waals surface area contributed by atoms with Crippen molar-refractivity contribution in [3.8, 4) is 0 Å². The van der Waals surface area contributed by atoms with E-state index in [2.05, 4.69) is 39.9 Å². The number of halogens is 1. The summed E-state index contributed by atoms with van der Waals surface area (Å²) in [5.41, 5.74) is 1.02. The molecule has 2 nitrogen and oxygen atoms in total. The first-order valence-electron chi connectivity index (χ1n) is 6.78. The second kappa shape index (κ2) is 6.25. The molecule has 0 aromatic heterocycles. The van der Waals surface area contributed by atoms with Gasteiger partial charge < -0.3 is 10.4 Å². The highest BCUT2D eigenvalue weighted by Crippen LogP contribution is 2.28. The minimum atomic E-state index is -0.576. The molecule has 0 amide bonds. The van der Waals surface area contributed by atoms with Crippen LogP contribution in [0.3, 0.4) is 0 Å². The number of rotatable bonds is 5. The Balaban J connectivity index is 2.59. The second-order valence-corrected chi connectivity index (χ2v) is 7.45. The van der Waals surface area contributed by atoms with Gasteiger partial charge in [-0.1, -0.05) is 50.6 Å². The van der Waals surface area contributed by atoms with E-state index < -0.39 is 6.10 Å². The van der Waals surface area contributed by atoms with Gasteiger partial charge in [-0.2, -0.15) is 0 Å². The molecule has 1 atom stereocenters. The molecule has 0 bridgehead atoms. The smallest absolute Gasteiger partial charge is 0.0928 e. The van der Waals surface area contributed by atoms with Crippen LogP contribution in [-0.4, -0.2) is 17.2 Å². The zero-order chi connectivity index (χ0) is 14.7. The highest BCUT2D eigenvalue weighted by molar-refractivity contribution is 6.31. The lowest BCUT2D eigenvalue weighted by Crippen LogP contribution is -2.44. The van der Waals surface area contributed by atoms with Gasteiger partial charge in [-0.05, 0) is 31.7 Å². The molecule has 1 rings (SSSR count). The van der Waals surface area contributed by atoms with Crippen molar-refractivity contribution in [2.45, 2.75) is 52.7 Å². The maximum atomic E-state index is 10.2. The van der Waals surface area contributed by atoms with Crippen molar-refractivity contribution in [1.29, 1.82) is 0 Å². The first kappa shape index (κ1) is 16.5. The molecule has 1 unspecified atom stereocenters. The molecular weight excluding hydrogens is 258 g/mol. The summed E-state index contributed by atoms with van der Waals surface area (Å²) in [6, 6.07) is 7.44. The fourth-order valence-corrected chi connectivity index (χ4v) is 2.88. The first-order valence-corrected chi connectivity index (χ1v) is 7.16. The maximum absolute atomic E-state index is 10.2. The molecule has 0 fully saturated rings. The van der Waals surface area contributed by atoms with Gasteiger partial charge in [0.25, 0.3) is 0 Å². The lowest BCUT2D eigenvalue weighted by molar-refractivity contribution is 0.148. The topological polar surface area (TPSA) is 32.3 Å². The SMILES string of the molecule is CC(C)(C)CC(C)(C)NCC(O)c1ccccc1Cl. The molecular formula is C16H26ClNO.